The molecule has 0 saturated carbocycles. The second kappa shape index (κ2) is 7.88. The third-order valence-corrected chi connectivity index (χ3v) is 4.04. The van der Waals surface area contributed by atoms with Crippen molar-refractivity contribution in [2.45, 2.75) is 32.7 Å². The van der Waals surface area contributed by atoms with Crippen LogP contribution in [-0.4, -0.2) is 35.1 Å². The first-order valence-electron chi connectivity index (χ1n) is 6.42. The fourth-order valence-electron chi connectivity index (χ4n) is 2.10. The Labute approximate surface area is 127 Å². The number of amides is 1. The van der Waals surface area contributed by atoms with Crippen molar-refractivity contribution < 1.29 is 9.90 Å². The molecule has 5 heteroatoms. The van der Waals surface area contributed by atoms with Crippen LogP contribution in [0.4, 0.5) is 0 Å². The Balaban J connectivity index is 3.04. The van der Waals surface area contributed by atoms with Crippen LogP contribution >= 0.6 is 27.5 Å². The SMILES string of the molecule is CCC(CC)N(CCO)C(=O)c1ccc(Cl)cc1Br. The van der Waals surface area contributed by atoms with Crippen molar-refractivity contribution in [2.75, 3.05) is 13.2 Å². The highest BCUT2D eigenvalue weighted by Crippen LogP contribution is 2.24. The Kier molecular flexibility index (Phi) is 6.83. The van der Waals surface area contributed by atoms with E-state index in [2.05, 4.69) is 15.9 Å². The number of hydrogen-bond donors (Lipinski definition) is 1. The molecule has 0 aliphatic rings. The van der Waals surface area contributed by atoms with Gasteiger partial charge in [-0.1, -0.05) is 25.4 Å². The summed E-state index contributed by atoms with van der Waals surface area (Å²) in [5, 5.41) is 9.74. The zero-order chi connectivity index (χ0) is 14.4. The zero-order valence-corrected chi connectivity index (χ0v) is 13.5. The summed E-state index contributed by atoms with van der Waals surface area (Å²) in [6.07, 6.45) is 1.74. The highest BCUT2D eigenvalue weighted by Gasteiger charge is 2.23. The number of carbonyl (C=O) groups excluding carboxylic acids is 1. The largest absolute Gasteiger partial charge is 0.395 e. The summed E-state index contributed by atoms with van der Waals surface area (Å²) in [5.41, 5.74) is 0.574. The first-order chi connectivity index (χ1) is 9.04. The summed E-state index contributed by atoms with van der Waals surface area (Å²) in [6, 6.07) is 5.26. The van der Waals surface area contributed by atoms with Gasteiger partial charge in [0.25, 0.3) is 5.91 Å². The van der Waals surface area contributed by atoms with Gasteiger partial charge in [-0.15, -0.1) is 0 Å². The van der Waals surface area contributed by atoms with Crippen LogP contribution in [0.2, 0.25) is 5.02 Å². The summed E-state index contributed by atoms with van der Waals surface area (Å²) < 4.78 is 0.680. The molecular weight excluding hydrogens is 330 g/mol. The maximum Gasteiger partial charge on any atom is 0.255 e. The lowest BCUT2D eigenvalue weighted by molar-refractivity contribution is 0.0621. The molecule has 0 aliphatic heterocycles. The van der Waals surface area contributed by atoms with Gasteiger partial charge in [0.2, 0.25) is 0 Å². The third-order valence-electron chi connectivity index (χ3n) is 3.15. The molecule has 0 radical (unpaired) electrons. The summed E-state index contributed by atoms with van der Waals surface area (Å²) in [7, 11) is 0. The maximum atomic E-state index is 12.6. The summed E-state index contributed by atoms with van der Waals surface area (Å²) in [5.74, 6) is -0.0775. The molecule has 1 N–H and O–H groups in total. The Morgan fingerprint density at radius 3 is 2.53 bits per heavy atom. The van der Waals surface area contributed by atoms with Crippen molar-refractivity contribution in [2.24, 2.45) is 0 Å². The van der Waals surface area contributed by atoms with E-state index in [4.69, 9.17) is 16.7 Å². The first kappa shape index (κ1) is 16.5. The van der Waals surface area contributed by atoms with Gasteiger partial charge in [0, 0.05) is 22.1 Å². The summed E-state index contributed by atoms with van der Waals surface area (Å²) >= 11 is 9.25. The molecule has 0 heterocycles. The van der Waals surface area contributed by atoms with Crippen LogP contribution in [0.25, 0.3) is 0 Å². The van der Waals surface area contributed by atoms with Crippen LogP contribution in [0.3, 0.4) is 0 Å². The minimum absolute atomic E-state index is 0.0343. The van der Waals surface area contributed by atoms with Gasteiger partial charge in [0.1, 0.15) is 0 Å². The van der Waals surface area contributed by atoms with Gasteiger partial charge in [0.05, 0.1) is 12.2 Å². The van der Waals surface area contributed by atoms with Gasteiger partial charge < -0.3 is 10.0 Å². The normalized spacial score (nSPS) is 10.8. The minimum atomic E-state index is -0.0775. The average Bonchev–Trinajstić information content (AvgIpc) is 2.38. The van der Waals surface area contributed by atoms with Gasteiger partial charge >= 0.3 is 0 Å². The van der Waals surface area contributed by atoms with E-state index < -0.39 is 0 Å². The number of aliphatic hydroxyl groups excluding tert-OH is 1. The van der Waals surface area contributed by atoms with E-state index in [9.17, 15) is 4.79 Å². The molecule has 0 unspecified atom stereocenters. The van der Waals surface area contributed by atoms with Gasteiger partial charge in [-0.25, -0.2) is 0 Å². The van der Waals surface area contributed by atoms with Crippen molar-refractivity contribution in [3.05, 3.63) is 33.3 Å². The topological polar surface area (TPSA) is 40.5 Å². The minimum Gasteiger partial charge on any atom is -0.395 e. The summed E-state index contributed by atoms with van der Waals surface area (Å²) in [4.78, 5) is 14.3. The van der Waals surface area contributed by atoms with Crippen molar-refractivity contribution in [3.63, 3.8) is 0 Å². The number of benzene rings is 1. The number of carbonyl (C=O) groups is 1. The molecule has 0 atom stereocenters. The lowest BCUT2D eigenvalue weighted by Crippen LogP contribution is -2.41. The number of aliphatic hydroxyl groups is 1. The van der Waals surface area contributed by atoms with Crippen molar-refractivity contribution in [1.82, 2.24) is 4.90 Å². The van der Waals surface area contributed by atoms with Crippen molar-refractivity contribution >= 4 is 33.4 Å². The lowest BCUT2D eigenvalue weighted by atomic mass is 10.1. The predicted molar refractivity (Wildman–Crippen MR) is 81.6 cm³/mol. The molecule has 106 valence electrons. The standard InChI is InChI=1S/C14H19BrClNO2/c1-3-11(4-2)17(7-8-18)14(19)12-6-5-10(16)9-13(12)15/h5-6,9,11,18H,3-4,7-8H2,1-2H3. The molecule has 0 fully saturated rings. The zero-order valence-electron chi connectivity index (χ0n) is 11.2. The van der Waals surface area contributed by atoms with Crippen LogP contribution < -0.4 is 0 Å². The smallest absolute Gasteiger partial charge is 0.255 e. The van der Waals surface area contributed by atoms with E-state index in [1.807, 2.05) is 13.8 Å². The van der Waals surface area contributed by atoms with Crippen LogP contribution in [0.5, 0.6) is 0 Å². The molecule has 3 nitrogen and oxygen atoms in total. The molecular formula is C14H19BrClNO2. The van der Waals surface area contributed by atoms with Crippen molar-refractivity contribution in [3.8, 4) is 0 Å². The second-order valence-corrected chi connectivity index (χ2v) is 5.61. The number of halogens is 2. The maximum absolute atomic E-state index is 12.6. The van der Waals surface area contributed by atoms with E-state index in [0.29, 0.717) is 21.6 Å². The number of hydrogen-bond acceptors (Lipinski definition) is 2. The van der Waals surface area contributed by atoms with E-state index >= 15 is 0 Å². The van der Waals surface area contributed by atoms with Crippen LogP contribution in [0.1, 0.15) is 37.0 Å². The highest BCUT2D eigenvalue weighted by atomic mass is 79.9. The monoisotopic (exact) mass is 347 g/mol. The highest BCUT2D eigenvalue weighted by molar-refractivity contribution is 9.10. The van der Waals surface area contributed by atoms with Gasteiger partial charge in [-0.3, -0.25) is 4.79 Å². The average molecular weight is 349 g/mol. The summed E-state index contributed by atoms with van der Waals surface area (Å²) in [6.45, 7) is 4.40. The fourth-order valence-corrected chi connectivity index (χ4v) is 2.96. The second-order valence-electron chi connectivity index (χ2n) is 4.32. The molecule has 19 heavy (non-hydrogen) atoms. The van der Waals surface area contributed by atoms with E-state index in [1.54, 1.807) is 23.1 Å². The molecule has 0 aromatic heterocycles. The first-order valence-corrected chi connectivity index (χ1v) is 7.59. The third kappa shape index (κ3) is 4.20. The number of rotatable bonds is 6. The molecule has 1 aromatic rings. The fraction of sp³-hybridized carbons (Fsp3) is 0.500. The van der Waals surface area contributed by atoms with Crippen molar-refractivity contribution in [1.29, 1.82) is 0 Å². The Hall–Kier alpha value is -0.580. The number of nitrogens with zero attached hydrogens (tertiary/aromatic N) is 1. The van der Waals surface area contributed by atoms with Gasteiger partial charge in [-0.2, -0.15) is 0 Å². The van der Waals surface area contributed by atoms with E-state index in [1.165, 1.54) is 0 Å². The molecule has 1 rings (SSSR count). The molecule has 0 spiro atoms. The van der Waals surface area contributed by atoms with Crippen LogP contribution in [0.15, 0.2) is 22.7 Å². The van der Waals surface area contributed by atoms with Gasteiger partial charge in [0.15, 0.2) is 0 Å². The molecule has 1 aromatic carbocycles. The van der Waals surface area contributed by atoms with Crippen LogP contribution in [-0.2, 0) is 0 Å². The molecule has 1 amide bonds. The predicted octanol–water partition coefficient (Wildman–Crippen LogP) is 3.73. The lowest BCUT2D eigenvalue weighted by Gasteiger charge is -2.30. The molecule has 0 saturated heterocycles. The Morgan fingerprint density at radius 1 is 1.42 bits per heavy atom. The Morgan fingerprint density at radius 2 is 2.05 bits per heavy atom. The van der Waals surface area contributed by atoms with Crippen LogP contribution in [0, 0.1) is 0 Å². The van der Waals surface area contributed by atoms with Gasteiger partial charge in [-0.05, 0) is 47.0 Å². The quantitative estimate of drug-likeness (QED) is 0.851. The van der Waals surface area contributed by atoms with E-state index in [0.717, 1.165) is 12.8 Å². The Bertz CT molecular complexity index is 435. The molecule has 0 bridgehead atoms. The molecule has 0 aliphatic carbocycles. The van der Waals surface area contributed by atoms with E-state index in [-0.39, 0.29) is 18.6 Å².